The number of amides is 1. The molecule has 6 heteroatoms. The van der Waals surface area contributed by atoms with Crippen LogP contribution in [-0.4, -0.2) is 42.8 Å². The van der Waals surface area contributed by atoms with Crippen molar-refractivity contribution in [3.63, 3.8) is 0 Å². The van der Waals surface area contributed by atoms with Gasteiger partial charge in [-0.05, 0) is 24.3 Å². The van der Waals surface area contributed by atoms with Crippen LogP contribution in [0.25, 0.3) is 10.8 Å². The summed E-state index contributed by atoms with van der Waals surface area (Å²) >= 11 is 0. The predicted molar refractivity (Wildman–Crippen MR) is 87.9 cm³/mol. The first-order chi connectivity index (χ1) is 11.6. The van der Waals surface area contributed by atoms with E-state index < -0.39 is 12.6 Å². The minimum atomic E-state index is -0.731. The minimum Gasteiger partial charge on any atom is -0.506 e. The van der Waals surface area contributed by atoms with Gasteiger partial charge in [-0.15, -0.1) is 0 Å². The van der Waals surface area contributed by atoms with Crippen LogP contribution in [0.4, 0.5) is 0 Å². The molecule has 0 radical (unpaired) electrons. The standard InChI is InChI=1S/C18H19NO5/c20-16(19-10-13-5-3-9-23-13)11-24-18(22)15-8-7-12-4-1-2-6-14(12)17(15)21/h1-2,4,6-8,13,21H,3,5,9-11H2,(H,19,20)/t13-/m1/s1. The summed E-state index contributed by atoms with van der Waals surface area (Å²) in [5, 5.41) is 14.3. The van der Waals surface area contributed by atoms with E-state index in [1.807, 2.05) is 12.1 Å². The SMILES string of the molecule is O=C(COC(=O)c1ccc2ccccc2c1O)NC[C@H]1CCCO1. The van der Waals surface area contributed by atoms with E-state index in [2.05, 4.69) is 5.32 Å². The topological polar surface area (TPSA) is 84.9 Å². The summed E-state index contributed by atoms with van der Waals surface area (Å²) in [7, 11) is 0. The molecule has 0 unspecified atom stereocenters. The maximum absolute atomic E-state index is 12.1. The molecule has 1 aliphatic rings. The first kappa shape index (κ1) is 16.3. The Bertz CT molecular complexity index is 752. The Morgan fingerprint density at radius 1 is 1.25 bits per heavy atom. The zero-order valence-electron chi connectivity index (χ0n) is 13.2. The van der Waals surface area contributed by atoms with Gasteiger partial charge < -0.3 is 19.9 Å². The highest BCUT2D eigenvalue weighted by Gasteiger charge is 2.18. The van der Waals surface area contributed by atoms with E-state index in [-0.39, 0.29) is 23.3 Å². The van der Waals surface area contributed by atoms with Crippen molar-refractivity contribution in [1.82, 2.24) is 5.32 Å². The van der Waals surface area contributed by atoms with Crippen LogP contribution < -0.4 is 5.32 Å². The van der Waals surface area contributed by atoms with Gasteiger partial charge in [0.2, 0.25) is 0 Å². The lowest BCUT2D eigenvalue weighted by molar-refractivity contribution is -0.124. The first-order valence-corrected chi connectivity index (χ1v) is 7.91. The fourth-order valence-corrected chi connectivity index (χ4v) is 2.71. The van der Waals surface area contributed by atoms with Crippen molar-refractivity contribution in [2.24, 2.45) is 0 Å². The van der Waals surface area contributed by atoms with Crippen molar-refractivity contribution < 1.29 is 24.2 Å². The lowest BCUT2D eigenvalue weighted by atomic mass is 10.1. The third-order valence-corrected chi connectivity index (χ3v) is 4.01. The number of fused-ring (bicyclic) bond motifs is 1. The largest absolute Gasteiger partial charge is 0.506 e. The third kappa shape index (κ3) is 3.65. The number of hydrogen-bond acceptors (Lipinski definition) is 5. The number of phenolic OH excluding ortho intramolecular Hbond substituents is 1. The number of ether oxygens (including phenoxy) is 2. The summed E-state index contributed by atoms with van der Waals surface area (Å²) < 4.78 is 10.4. The summed E-state index contributed by atoms with van der Waals surface area (Å²) in [4.78, 5) is 23.8. The average molecular weight is 329 g/mol. The van der Waals surface area contributed by atoms with E-state index in [0.29, 0.717) is 11.9 Å². The fourth-order valence-electron chi connectivity index (χ4n) is 2.71. The van der Waals surface area contributed by atoms with E-state index >= 15 is 0 Å². The van der Waals surface area contributed by atoms with Gasteiger partial charge >= 0.3 is 5.97 Å². The monoisotopic (exact) mass is 329 g/mol. The number of carbonyl (C=O) groups is 2. The van der Waals surface area contributed by atoms with Crippen LogP contribution in [-0.2, 0) is 14.3 Å². The number of rotatable bonds is 5. The van der Waals surface area contributed by atoms with Gasteiger partial charge in [0.25, 0.3) is 5.91 Å². The minimum absolute atomic E-state index is 0.0363. The second-order valence-electron chi connectivity index (χ2n) is 5.70. The second-order valence-corrected chi connectivity index (χ2v) is 5.70. The molecule has 0 aliphatic carbocycles. The molecule has 0 bridgehead atoms. The summed E-state index contributed by atoms with van der Waals surface area (Å²) in [6, 6.07) is 10.4. The molecule has 24 heavy (non-hydrogen) atoms. The van der Waals surface area contributed by atoms with Gasteiger partial charge in [0.05, 0.1) is 6.10 Å². The molecule has 1 amide bonds. The van der Waals surface area contributed by atoms with Crippen molar-refractivity contribution >= 4 is 22.6 Å². The van der Waals surface area contributed by atoms with Crippen LogP contribution in [0.5, 0.6) is 5.75 Å². The maximum Gasteiger partial charge on any atom is 0.342 e. The first-order valence-electron chi connectivity index (χ1n) is 7.91. The van der Waals surface area contributed by atoms with Crippen LogP contribution in [0.15, 0.2) is 36.4 Å². The molecule has 0 saturated carbocycles. The van der Waals surface area contributed by atoms with Crippen molar-refractivity contribution in [3.8, 4) is 5.75 Å². The van der Waals surface area contributed by atoms with Gasteiger partial charge in [-0.1, -0.05) is 30.3 Å². The van der Waals surface area contributed by atoms with Crippen LogP contribution in [0.3, 0.4) is 0 Å². The lowest BCUT2D eigenvalue weighted by Crippen LogP contribution is -2.34. The molecule has 1 aliphatic heterocycles. The van der Waals surface area contributed by atoms with Crippen LogP contribution >= 0.6 is 0 Å². The van der Waals surface area contributed by atoms with Gasteiger partial charge in [-0.3, -0.25) is 4.79 Å². The van der Waals surface area contributed by atoms with E-state index in [9.17, 15) is 14.7 Å². The van der Waals surface area contributed by atoms with Gasteiger partial charge in [0.15, 0.2) is 6.61 Å². The molecule has 1 heterocycles. The molecular weight excluding hydrogens is 310 g/mol. The molecule has 0 spiro atoms. The summed E-state index contributed by atoms with van der Waals surface area (Å²) in [6.45, 7) is 0.742. The third-order valence-electron chi connectivity index (χ3n) is 4.01. The Balaban J connectivity index is 1.56. The molecule has 6 nitrogen and oxygen atoms in total. The number of phenols is 1. The number of benzene rings is 2. The summed E-state index contributed by atoms with van der Waals surface area (Å²) in [6.07, 6.45) is 1.95. The molecule has 1 atom stereocenters. The zero-order valence-corrected chi connectivity index (χ0v) is 13.2. The molecule has 2 aromatic carbocycles. The van der Waals surface area contributed by atoms with E-state index in [1.54, 1.807) is 18.2 Å². The molecular formula is C18H19NO5. The second kappa shape index (κ2) is 7.31. The highest BCUT2D eigenvalue weighted by atomic mass is 16.5. The number of carbonyl (C=O) groups excluding carboxylic acids is 2. The molecule has 2 N–H and O–H groups in total. The van der Waals surface area contributed by atoms with Crippen molar-refractivity contribution in [2.45, 2.75) is 18.9 Å². The number of aromatic hydroxyl groups is 1. The fraction of sp³-hybridized carbons (Fsp3) is 0.333. The van der Waals surface area contributed by atoms with Crippen LogP contribution in [0, 0.1) is 0 Å². The highest BCUT2D eigenvalue weighted by Crippen LogP contribution is 2.28. The van der Waals surface area contributed by atoms with Crippen LogP contribution in [0.1, 0.15) is 23.2 Å². The smallest absolute Gasteiger partial charge is 0.342 e. The van der Waals surface area contributed by atoms with Gasteiger partial charge in [0.1, 0.15) is 11.3 Å². The molecule has 3 rings (SSSR count). The van der Waals surface area contributed by atoms with Gasteiger partial charge in [-0.2, -0.15) is 0 Å². The zero-order chi connectivity index (χ0) is 16.9. The van der Waals surface area contributed by atoms with Gasteiger partial charge in [-0.25, -0.2) is 4.79 Å². The normalized spacial score (nSPS) is 16.9. The Kier molecular flexibility index (Phi) is 4.96. The Hall–Kier alpha value is -2.60. The lowest BCUT2D eigenvalue weighted by Gasteiger charge is -2.11. The number of esters is 1. The Morgan fingerprint density at radius 3 is 2.88 bits per heavy atom. The highest BCUT2D eigenvalue weighted by molar-refractivity contribution is 6.01. The Labute approximate surface area is 139 Å². The number of nitrogens with one attached hydrogen (secondary N) is 1. The summed E-state index contributed by atoms with van der Waals surface area (Å²) in [5.74, 6) is -1.26. The summed E-state index contributed by atoms with van der Waals surface area (Å²) in [5.41, 5.74) is 0.0422. The van der Waals surface area contributed by atoms with Gasteiger partial charge in [0, 0.05) is 18.5 Å². The molecule has 126 valence electrons. The number of hydrogen-bond donors (Lipinski definition) is 2. The quantitative estimate of drug-likeness (QED) is 0.820. The van der Waals surface area contributed by atoms with Crippen molar-refractivity contribution in [3.05, 3.63) is 42.0 Å². The van der Waals surface area contributed by atoms with Crippen molar-refractivity contribution in [2.75, 3.05) is 19.8 Å². The maximum atomic E-state index is 12.1. The molecule has 2 aromatic rings. The van der Waals surface area contributed by atoms with Crippen LogP contribution in [0.2, 0.25) is 0 Å². The Morgan fingerprint density at radius 2 is 2.08 bits per heavy atom. The predicted octanol–water partition coefficient (Wildman–Crippen LogP) is 2.00. The van der Waals surface area contributed by atoms with E-state index in [4.69, 9.17) is 9.47 Å². The van der Waals surface area contributed by atoms with E-state index in [0.717, 1.165) is 24.8 Å². The van der Waals surface area contributed by atoms with Crippen molar-refractivity contribution in [1.29, 1.82) is 0 Å². The molecule has 1 fully saturated rings. The molecule has 1 saturated heterocycles. The van der Waals surface area contributed by atoms with E-state index in [1.165, 1.54) is 6.07 Å². The average Bonchev–Trinajstić information content (AvgIpc) is 3.12. The molecule has 0 aromatic heterocycles.